The fourth-order valence-electron chi connectivity index (χ4n) is 2.82. The summed E-state index contributed by atoms with van der Waals surface area (Å²) in [4.78, 5) is 12.6. The van der Waals surface area contributed by atoms with Crippen LogP contribution >= 0.6 is 15.9 Å². The van der Waals surface area contributed by atoms with E-state index in [1.54, 1.807) is 24.3 Å². The average molecular weight is 514 g/mol. The summed E-state index contributed by atoms with van der Waals surface area (Å²) in [6, 6.07) is 20.4. The van der Waals surface area contributed by atoms with Gasteiger partial charge in [0.2, 0.25) is 10.0 Å². The molecule has 1 heterocycles. The molecule has 0 aliphatic rings. The van der Waals surface area contributed by atoms with Gasteiger partial charge in [0.1, 0.15) is 23.2 Å². The smallest absolute Gasteiger partial charge is 0.262 e. The van der Waals surface area contributed by atoms with Crippen LogP contribution in [0.5, 0.6) is 0 Å². The minimum atomic E-state index is -3.71. The highest BCUT2D eigenvalue weighted by Crippen LogP contribution is 2.17. The number of hydrogen-bond acceptors (Lipinski definition) is 5. The van der Waals surface area contributed by atoms with Gasteiger partial charge in [-0.25, -0.2) is 13.1 Å². The first-order valence-corrected chi connectivity index (χ1v) is 11.9. The molecule has 0 saturated heterocycles. The second-order valence-electron chi connectivity index (χ2n) is 6.86. The number of rotatable bonds is 8. The summed E-state index contributed by atoms with van der Waals surface area (Å²) < 4.78 is 33.6. The maximum Gasteiger partial charge on any atom is 0.262 e. The van der Waals surface area contributed by atoms with Gasteiger partial charge in [-0.3, -0.25) is 4.79 Å². The molecule has 2 N–H and O–H groups in total. The number of sulfonamides is 1. The average Bonchev–Trinajstić information content (AvgIpc) is 3.24. The Morgan fingerprint density at radius 1 is 1.12 bits per heavy atom. The molecule has 3 aromatic rings. The highest BCUT2D eigenvalue weighted by atomic mass is 79.9. The molecular weight excluding hydrogens is 494 g/mol. The molecule has 3 rings (SSSR count). The van der Waals surface area contributed by atoms with E-state index in [9.17, 15) is 18.5 Å². The van der Waals surface area contributed by atoms with Gasteiger partial charge in [0.15, 0.2) is 0 Å². The molecule has 0 aliphatic heterocycles. The molecule has 0 fully saturated rings. The first kappa shape index (κ1) is 23.5. The van der Waals surface area contributed by atoms with E-state index in [0.717, 1.165) is 10.0 Å². The summed E-state index contributed by atoms with van der Waals surface area (Å²) in [7, 11) is -3.71. The van der Waals surface area contributed by atoms with E-state index in [1.165, 1.54) is 18.2 Å². The van der Waals surface area contributed by atoms with Crippen molar-refractivity contribution in [3.05, 3.63) is 93.9 Å². The van der Waals surface area contributed by atoms with Gasteiger partial charge in [-0.2, -0.15) is 5.26 Å². The van der Waals surface area contributed by atoms with Crippen molar-refractivity contribution < 1.29 is 17.6 Å². The highest BCUT2D eigenvalue weighted by Gasteiger charge is 2.16. The molecular formula is C23H20BrN3O4S. The number of carbonyl (C=O) groups is 1. The number of halogens is 1. The van der Waals surface area contributed by atoms with Crippen molar-refractivity contribution >= 4 is 37.9 Å². The van der Waals surface area contributed by atoms with Crippen LogP contribution in [0.3, 0.4) is 0 Å². The second kappa shape index (κ2) is 10.4. The summed E-state index contributed by atoms with van der Waals surface area (Å²) in [6.45, 7) is 1.75. The zero-order valence-electron chi connectivity index (χ0n) is 17.1. The SMILES string of the molecule is C[C@@H](NC(=O)/C(C#N)=C\c1ccc(CNS(=O)(=O)c2ccc(Br)cc2)o1)c1ccccc1. The molecule has 32 heavy (non-hydrogen) atoms. The summed E-state index contributed by atoms with van der Waals surface area (Å²) in [5.74, 6) is 0.0759. The summed E-state index contributed by atoms with van der Waals surface area (Å²) >= 11 is 3.26. The van der Waals surface area contributed by atoms with Gasteiger partial charge in [0.25, 0.3) is 5.91 Å². The molecule has 1 aromatic heterocycles. The first-order chi connectivity index (χ1) is 15.3. The van der Waals surface area contributed by atoms with Gasteiger partial charge < -0.3 is 9.73 Å². The molecule has 0 aliphatic carbocycles. The lowest BCUT2D eigenvalue weighted by molar-refractivity contribution is -0.117. The minimum Gasteiger partial charge on any atom is -0.460 e. The largest absolute Gasteiger partial charge is 0.460 e. The Labute approximate surface area is 194 Å². The summed E-state index contributed by atoms with van der Waals surface area (Å²) in [6.07, 6.45) is 1.32. The molecule has 164 valence electrons. The van der Waals surface area contributed by atoms with E-state index in [0.29, 0.717) is 5.76 Å². The van der Waals surface area contributed by atoms with E-state index < -0.39 is 15.9 Å². The monoisotopic (exact) mass is 513 g/mol. The van der Waals surface area contributed by atoms with Gasteiger partial charge in [0, 0.05) is 10.5 Å². The summed E-state index contributed by atoms with van der Waals surface area (Å²) in [5.41, 5.74) is 0.792. The molecule has 2 aromatic carbocycles. The fraction of sp³-hybridized carbons (Fsp3) is 0.130. The molecule has 0 unspecified atom stereocenters. The van der Waals surface area contributed by atoms with Crippen LogP contribution in [0.1, 0.15) is 30.0 Å². The van der Waals surface area contributed by atoms with E-state index >= 15 is 0 Å². The lowest BCUT2D eigenvalue weighted by atomic mass is 10.1. The number of carbonyl (C=O) groups excluding carboxylic acids is 1. The van der Waals surface area contributed by atoms with E-state index in [2.05, 4.69) is 26.0 Å². The van der Waals surface area contributed by atoms with Crippen LogP contribution < -0.4 is 10.0 Å². The van der Waals surface area contributed by atoms with Gasteiger partial charge in [-0.15, -0.1) is 0 Å². The van der Waals surface area contributed by atoms with Gasteiger partial charge in [0.05, 0.1) is 17.5 Å². The number of nitrogens with zero attached hydrogens (tertiary/aromatic N) is 1. The molecule has 0 bridgehead atoms. The van der Waals surface area contributed by atoms with Gasteiger partial charge in [-0.05, 0) is 48.9 Å². The Morgan fingerprint density at radius 3 is 2.47 bits per heavy atom. The number of hydrogen-bond donors (Lipinski definition) is 2. The topological polar surface area (TPSA) is 112 Å². The van der Waals surface area contributed by atoms with Crippen molar-refractivity contribution in [1.82, 2.24) is 10.0 Å². The Bertz CT molecular complexity index is 1260. The lowest BCUT2D eigenvalue weighted by Crippen LogP contribution is -2.27. The second-order valence-corrected chi connectivity index (χ2v) is 9.54. The van der Waals surface area contributed by atoms with Crippen molar-refractivity contribution in [1.29, 1.82) is 5.26 Å². The van der Waals surface area contributed by atoms with Crippen LogP contribution in [0.2, 0.25) is 0 Å². The standard InChI is InChI=1S/C23H20BrN3O4S/c1-16(17-5-3-2-4-6-17)27-23(28)18(14-25)13-20-9-10-21(31-20)15-26-32(29,30)22-11-7-19(24)8-12-22/h2-13,16,26H,15H2,1H3,(H,27,28)/b18-13-/t16-/m1/s1. The Hall–Kier alpha value is -3.19. The molecule has 7 nitrogen and oxygen atoms in total. The lowest BCUT2D eigenvalue weighted by Gasteiger charge is -2.13. The Morgan fingerprint density at radius 2 is 1.81 bits per heavy atom. The van der Waals surface area contributed by atoms with Gasteiger partial charge in [-0.1, -0.05) is 46.3 Å². The third-order valence-corrected chi connectivity index (χ3v) is 6.49. The van der Waals surface area contributed by atoms with Crippen molar-refractivity contribution in [2.24, 2.45) is 0 Å². The maximum atomic E-state index is 12.5. The zero-order chi connectivity index (χ0) is 23.1. The van der Waals surface area contributed by atoms with Gasteiger partial charge >= 0.3 is 0 Å². The minimum absolute atomic E-state index is 0.0780. The number of amides is 1. The Balaban J connectivity index is 1.65. The normalized spacial score (nSPS) is 12.7. The van der Waals surface area contributed by atoms with E-state index in [1.807, 2.05) is 43.3 Å². The van der Waals surface area contributed by atoms with E-state index in [-0.39, 0.29) is 28.8 Å². The molecule has 0 radical (unpaired) electrons. The molecule has 1 atom stereocenters. The molecule has 1 amide bonds. The highest BCUT2D eigenvalue weighted by molar-refractivity contribution is 9.10. The number of furan rings is 1. The van der Waals surface area contributed by atoms with Crippen molar-refractivity contribution in [3.8, 4) is 6.07 Å². The fourth-order valence-corrected chi connectivity index (χ4v) is 4.08. The zero-order valence-corrected chi connectivity index (χ0v) is 19.5. The molecule has 0 saturated carbocycles. The van der Waals surface area contributed by atoms with Crippen LogP contribution in [0.15, 0.2) is 86.1 Å². The van der Waals surface area contributed by atoms with Crippen LogP contribution in [0.25, 0.3) is 6.08 Å². The third kappa shape index (κ3) is 6.17. The summed E-state index contributed by atoms with van der Waals surface area (Å²) in [5, 5.41) is 12.2. The van der Waals surface area contributed by atoms with Crippen molar-refractivity contribution in [2.75, 3.05) is 0 Å². The van der Waals surface area contributed by atoms with Crippen molar-refractivity contribution in [2.45, 2.75) is 24.4 Å². The predicted octanol–water partition coefficient (Wildman–Crippen LogP) is 4.30. The van der Waals surface area contributed by atoms with Crippen molar-refractivity contribution in [3.63, 3.8) is 0 Å². The number of benzene rings is 2. The molecule has 9 heteroatoms. The van der Waals surface area contributed by atoms with E-state index in [4.69, 9.17) is 4.42 Å². The number of nitrogens with one attached hydrogen (secondary N) is 2. The molecule has 0 spiro atoms. The predicted molar refractivity (Wildman–Crippen MR) is 123 cm³/mol. The third-order valence-electron chi connectivity index (χ3n) is 4.54. The first-order valence-electron chi connectivity index (χ1n) is 9.60. The quantitative estimate of drug-likeness (QED) is 0.344. The van der Waals surface area contributed by atoms with Crippen LogP contribution in [0.4, 0.5) is 0 Å². The Kier molecular flexibility index (Phi) is 7.64. The van der Waals surface area contributed by atoms with Crippen LogP contribution in [0, 0.1) is 11.3 Å². The maximum absolute atomic E-state index is 12.5. The van der Waals surface area contributed by atoms with Crippen LogP contribution in [-0.2, 0) is 21.4 Å². The number of nitriles is 1. The van der Waals surface area contributed by atoms with Crippen LogP contribution in [-0.4, -0.2) is 14.3 Å².